The highest BCUT2D eigenvalue weighted by Crippen LogP contribution is 2.44. The number of carbonyl (C=O) groups excluding carboxylic acids is 1. The number of furan rings is 1. The van der Waals surface area contributed by atoms with E-state index in [1.807, 2.05) is 24.3 Å². The predicted octanol–water partition coefficient (Wildman–Crippen LogP) is 3.52. The molecule has 0 spiro atoms. The summed E-state index contributed by atoms with van der Waals surface area (Å²) in [5.74, 6) is 1.55. The summed E-state index contributed by atoms with van der Waals surface area (Å²) in [6.45, 7) is 0. The molecule has 0 radical (unpaired) electrons. The number of nitrogens with one attached hydrogen (secondary N) is 1. The molecular formula is C19H16ClN5O2. The van der Waals surface area contributed by atoms with Crippen molar-refractivity contribution in [3.05, 3.63) is 70.3 Å². The highest BCUT2D eigenvalue weighted by molar-refractivity contribution is 6.30. The average Bonchev–Trinajstić information content (AvgIpc) is 3.29. The highest BCUT2D eigenvalue weighted by Gasteiger charge is 2.40. The SMILES string of the molecule is Nc1nc2n(n1)C(c1ccc(Cl)cc1)C1=C(CC(c3ccco3)CC1=O)N2. The number of nitrogen functional groups attached to an aromatic ring is 1. The van der Waals surface area contributed by atoms with Crippen LogP contribution in [0.4, 0.5) is 11.9 Å². The number of ketones is 1. The molecule has 0 saturated carbocycles. The van der Waals surface area contributed by atoms with Crippen LogP contribution in [0, 0.1) is 0 Å². The Kier molecular flexibility index (Phi) is 3.58. The van der Waals surface area contributed by atoms with Crippen LogP contribution in [0.3, 0.4) is 0 Å². The van der Waals surface area contributed by atoms with Gasteiger partial charge < -0.3 is 15.5 Å². The van der Waals surface area contributed by atoms with Gasteiger partial charge in [0.2, 0.25) is 11.9 Å². The molecule has 5 rings (SSSR count). The maximum absolute atomic E-state index is 13.1. The smallest absolute Gasteiger partial charge is 0.241 e. The van der Waals surface area contributed by atoms with Crippen LogP contribution in [0.15, 0.2) is 58.3 Å². The largest absolute Gasteiger partial charge is 0.469 e. The van der Waals surface area contributed by atoms with E-state index in [1.54, 1.807) is 23.1 Å². The molecule has 1 aliphatic heterocycles. The van der Waals surface area contributed by atoms with E-state index in [0.29, 0.717) is 29.4 Å². The van der Waals surface area contributed by atoms with Crippen molar-refractivity contribution in [1.29, 1.82) is 0 Å². The Balaban J connectivity index is 1.63. The van der Waals surface area contributed by atoms with Crippen molar-refractivity contribution in [1.82, 2.24) is 14.8 Å². The van der Waals surface area contributed by atoms with Gasteiger partial charge in [-0.1, -0.05) is 23.7 Å². The number of fused-ring (bicyclic) bond motifs is 1. The number of Topliss-reactive ketones (excluding diaryl/α,β-unsaturated/α-hetero) is 1. The number of halogens is 1. The average molecular weight is 382 g/mol. The Morgan fingerprint density at radius 1 is 1.22 bits per heavy atom. The fraction of sp³-hybridized carbons (Fsp3) is 0.211. The monoisotopic (exact) mass is 381 g/mol. The molecule has 3 N–H and O–H groups in total. The molecule has 8 heteroatoms. The molecule has 1 aromatic carbocycles. The molecule has 3 heterocycles. The lowest BCUT2D eigenvalue weighted by atomic mass is 9.79. The number of benzene rings is 1. The van der Waals surface area contributed by atoms with Gasteiger partial charge in [-0.2, -0.15) is 4.98 Å². The van der Waals surface area contributed by atoms with Crippen LogP contribution < -0.4 is 11.1 Å². The first-order valence-electron chi connectivity index (χ1n) is 8.64. The summed E-state index contributed by atoms with van der Waals surface area (Å²) in [7, 11) is 0. The summed E-state index contributed by atoms with van der Waals surface area (Å²) in [6, 6.07) is 10.8. The zero-order chi connectivity index (χ0) is 18.5. The van der Waals surface area contributed by atoms with Crippen molar-refractivity contribution in [2.24, 2.45) is 0 Å². The second kappa shape index (κ2) is 5.99. The summed E-state index contributed by atoms with van der Waals surface area (Å²) >= 11 is 6.04. The first-order chi connectivity index (χ1) is 13.1. The molecule has 2 atom stereocenters. The van der Waals surface area contributed by atoms with E-state index in [9.17, 15) is 4.79 Å². The summed E-state index contributed by atoms with van der Waals surface area (Å²) < 4.78 is 7.20. The quantitative estimate of drug-likeness (QED) is 0.704. The van der Waals surface area contributed by atoms with Crippen LogP contribution in [-0.2, 0) is 4.79 Å². The Morgan fingerprint density at radius 3 is 2.78 bits per heavy atom. The maximum atomic E-state index is 13.1. The molecule has 136 valence electrons. The number of nitrogens with zero attached hydrogens (tertiary/aromatic N) is 3. The van der Waals surface area contributed by atoms with Gasteiger partial charge in [0.15, 0.2) is 5.78 Å². The number of hydrogen-bond donors (Lipinski definition) is 2. The molecule has 1 aliphatic carbocycles. The predicted molar refractivity (Wildman–Crippen MR) is 100 cm³/mol. The number of nitrogens with two attached hydrogens (primary N) is 1. The number of carbonyl (C=O) groups is 1. The van der Waals surface area contributed by atoms with Crippen LogP contribution in [0.5, 0.6) is 0 Å². The maximum Gasteiger partial charge on any atom is 0.241 e. The van der Waals surface area contributed by atoms with Crippen LogP contribution in [-0.4, -0.2) is 20.5 Å². The van der Waals surface area contributed by atoms with E-state index < -0.39 is 0 Å². The van der Waals surface area contributed by atoms with Gasteiger partial charge in [0.05, 0.1) is 6.26 Å². The number of rotatable bonds is 2. The first kappa shape index (κ1) is 16.1. The lowest BCUT2D eigenvalue weighted by Crippen LogP contribution is -2.33. The van der Waals surface area contributed by atoms with Crippen molar-refractivity contribution in [3.8, 4) is 0 Å². The van der Waals surface area contributed by atoms with Crippen LogP contribution in [0.2, 0.25) is 5.02 Å². The highest BCUT2D eigenvalue weighted by atomic mass is 35.5. The molecule has 2 aliphatic rings. The minimum Gasteiger partial charge on any atom is -0.469 e. The Morgan fingerprint density at radius 2 is 2.04 bits per heavy atom. The van der Waals surface area contributed by atoms with E-state index >= 15 is 0 Å². The molecule has 27 heavy (non-hydrogen) atoms. The van der Waals surface area contributed by atoms with Gasteiger partial charge in [-0.05, 0) is 36.2 Å². The topological polar surface area (TPSA) is 99.0 Å². The molecule has 0 amide bonds. The van der Waals surface area contributed by atoms with Crippen molar-refractivity contribution in [3.63, 3.8) is 0 Å². The van der Waals surface area contributed by atoms with Gasteiger partial charge >= 0.3 is 0 Å². The van der Waals surface area contributed by atoms with Gasteiger partial charge in [-0.3, -0.25) is 4.79 Å². The zero-order valence-corrected chi connectivity index (χ0v) is 15.0. The Bertz CT molecular complexity index is 1050. The standard InChI is InChI=1S/C19H16ClN5O2/c20-12-5-3-10(4-6-12)17-16-13(22-19-23-18(21)24-25(17)19)8-11(9-14(16)26)15-2-1-7-27-15/h1-7,11,17H,8-9H2,(H3,21,22,23,24). The third-order valence-corrected chi connectivity index (χ3v) is 5.32. The van der Waals surface area contributed by atoms with Gasteiger partial charge in [0, 0.05) is 28.6 Å². The Labute approximate surface area is 159 Å². The van der Waals surface area contributed by atoms with Gasteiger partial charge in [0.25, 0.3) is 0 Å². The molecule has 2 aromatic heterocycles. The number of hydrogen-bond acceptors (Lipinski definition) is 6. The lowest BCUT2D eigenvalue weighted by molar-refractivity contribution is -0.117. The van der Waals surface area contributed by atoms with Crippen molar-refractivity contribution >= 4 is 29.3 Å². The van der Waals surface area contributed by atoms with E-state index in [0.717, 1.165) is 17.0 Å². The molecule has 3 aromatic rings. The van der Waals surface area contributed by atoms with Crippen LogP contribution >= 0.6 is 11.6 Å². The minimum atomic E-state index is -0.386. The second-order valence-electron chi connectivity index (χ2n) is 6.75. The van der Waals surface area contributed by atoms with Crippen LogP contribution in [0.1, 0.15) is 36.1 Å². The van der Waals surface area contributed by atoms with E-state index in [2.05, 4.69) is 15.4 Å². The fourth-order valence-corrected chi connectivity index (χ4v) is 4.03. The van der Waals surface area contributed by atoms with E-state index in [1.165, 1.54) is 0 Å². The molecule has 2 unspecified atom stereocenters. The van der Waals surface area contributed by atoms with Gasteiger partial charge in [-0.15, -0.1) is 5.10 Å². The zero-order valence-electron chi connectivity index (χ0n) is 14.2. The van der Waals surface area contributed by atoms with Crippen molar-refractivity contribution < 1.29 is 9.21 Å². The summed E-state index contributed by atoms with van der Waals surface area (Å²) in [5, 5.41) is 8.19. The molecule has 0 fully saturated rings. The number of aromatic nitrogens is 3. The summed E-state index contributed by atoms with van der Waals surface area (Å²) in [4.78, 5) is 17.4. The Hall–Kier alpha value is -3.06. The molecule has 0 saturated heterocycles. The number of allylic oxidation sites excluding steroid dienone is 2. The van der Waals surface area contributed by atoms with Crippen molar-refractivity contribution in [2.45, 2.75) is 24.8 Å². The number of anilines is 2. The molecular weight excluding hydrogens is 366 g/mol. The third kappa shape index (κ3) is 2.62. The van der Waals surface area contributed by atoms with E-state index in [-0.39, 0.29) is 23.7 Å². The molecule has 0 bridgehead atoms. The normalized spacial score (nSPS) is 21.6. The first-order valence-corrected chi connectivity index (χ1v) is 9.02. The molecule has 7 nitrogen and oxygen atoms in total. The minimum absolute atomic E-state index is 0.00330. The third-order valence-electron chi connectivity index (χ3n) is 5.07. The lowest BCUT2D eigenvalue weighted by Gasteiger charge is -2.34. The van der Waals surface area contributed by atoms with Gasteiger partial charge in [-0.25, -0.2) is 4.68 Å². The van der Waals surface area contributed by atoms with E-state index in [4.69, 9.17) is 21.8 Å². The van der Waals surface area contributed by atoms with Crippen molar-refractivity contribution in [2.75, 3.05) is 11.1 Å². The van der Waals surface area contributed by atoms with Gasteiger partial charge in [0.1, 0.15) is 11.8 Å². The second-order valence-corrected chi connectivity index (χ2v) is 7.19. The van der Waals surface area contributed by atoms with Crippen LogP contribution in [0.25, 0.3) is 0 Å². The summed E-state index contributed by atoms with van der Waals surface area (Å²) in [6.07, 6.45) is 2.68. The summed E-state index contributed by atoms with van der Waals surface area (Å²) in [5.41, 5.74) is 8.27. The fourth-order valence-electron chi connectivity index (χ4n) is 3.91.